The van der Waals surface area contributed by atoms with Crippen LogP contribution in [0.2, 0.25) is 0 Å². The van der Waals surface area contributed by atoms with Crippen molar-refractivity contribution in [3.8, 4) is 5.75 Å². The average Bonchev–Trinajstić information content (AvgIpc) is 2.28. The van der Waals surface area contributed by atoms with Gasteiger partial charge in [0.1, 0.15) is 5.75 Å². The van der Waals surface area contributed by atoms with E-state index in [0.717, 1.165) is 11.3 Å². The Morgan fingerprint density at radius 1 is 1.44 bits per heavy atom. The Labute approximate surface area is 95.5 Å². The highest BCUT2D eigenvalue weighted by Gasteiger charge is 2.12. The highest BCUT2D eigenvalue weighted by atomic mass is 16.5. The Hall–Kier alpha value is -1.55. The second kappa shape index (κ2) is 5.51. The SMILES string of the molecule is COc1ccc([C@H](O)CN(C)C(C)=O)cc1. The van der Waals surface area contributed by atoms with E-state index in [-0.39, 0.29) is 5.91 Å². The van der Waals surface area contributed by atoms with Crippen LogP contribution in [0.4, 0.5) is 0 Å². The molecule has 1 aromatic carbocycles. The fourth-order valence-electron chi connectivity index (χ4n) is 1.32. The van der Waals surface area contributed by atoms with Gasteiger partial charge in [0.15, 0.2) is 0 Å². The Morgan fingerprint density at radius 3 is 2.44 bits per heavy atom. The van der Waals surface area contributed by atoms with Crippen molar-refractivity contribution < 1.29 is 14.6 Å². The van der Waals surface area contributed by atoms with Crippen LogP contribution in [0.3, 0.4) is 0 Å². The minimum atomic E-state index is -0.667. The molecular weight excluding hydrogens is 206 g/mol. The summed E-state index contributed by atoms with van der Waals surface area (Å²) in [7, 11) is 3.25. The van der Waals surface area contributed by atoms with Gasteiger partial charge in [-0.3, -0.25) is 4.79 Å². The summed E-state index contributed by atoms with van der Waals surface area (Å²) in [6, 6.07) is 7.15. The van der Waals surface area contributed by atoms with E-state index < -0.39 is 6.10 Å². The van der Waals surface area contributed by atoms with E-state index >= 15 is 0 Å². The lowest BCUT2D eigenvalue weighted by Crippen LogP contribution is -2.28. The lowest BCUT2D eigenvalue weighted by atomic mass is 10.1. The number of nitrogens with zero attached hydrogens (tertiary/aromatic N) is 1. The van der Waals surface area contributed by atoms with Crippen LogP contribution in [-0.4, -0.2) is 36.6 Å². The summed E-state index contributed by atoms with van der Waals surface area (Å²) in [5.41, 5.74) is 0.772. The average molecular weight is 223 g/mol. The number of carbonyl (C=O) groups excluding carboxylic acids is 1. The van der Waals surface area contributed by atoms with Gasteiger partial charge in [-0.25, -0.2) is 0 Å². The van der Waals surface area contributed by atoms with Crippen molar-refractivity contribution >= 4 is 5.91 Å². The van der Waals surface area contributed by atoms with E-state index in [2.05, 4.69) is 0 Å². The molecule has 88 valence electrons. The van der Waals surface area contributed by atoms with E-state index in [1.807, 2.05) is 0 Å². The number of aliphatic hydroxyl groups is 1. The molecular formula is C12H17NO3. The van der Waals surface area contributed by atoms with Crippen LogP contribution in [0, 0.1) is 0 Å². The monoisotopic (exact) mass is 223 g/mol. The summed E-state index contributed by atoms with van der Waals surface area (Å²) in [4.78, 5) is 12.5. The van der Waals surface area contributed by atoms with E-state index in [0.29, 0.717) is 6.54 Å². The number of hydrogen-bond acceptors (Lipinski definition) is 3. The van der Waals surface area contributed by atoms with Crippen molar-refractivity contribution in [2.24, 2.45) is 0 Å². The number of hydrogen-bond donors (Lipinski definition) is 1. The normalized spacial score (nSPS) is 12.0. The van der Waals surface area contributed by atoms with Crippen LogP contribution in [0.15, 0.2) is 24.3 Å². The first-order valence-electron chi connectivity index (χ1n) is 5.08. The maximum Gasteiger partial charge on any atom is 0.219 e. The first-order valence-corrected chi connectivity index (χ1v) is 5.08. The molecule has 1 rings (SSSR count). The van der Waals surface area contributed by atoms with Gasteiger partial charge in [-0.2, -0.15) is 0 Å². The van der Waals surface area contributed by atoms with Gasteiger partial charge < -0.3 is 14.7 Å². The molecule has 0 saturated carbocycles. The summed E-state index contributed by atoms with van der Waals surface area (Å²) in [5.74, 6) is 0.684. The maximum atomic E-state index is 11.0. The number of amides is 1. The zero-order chi connectivity index (χ0) is 12.1. The van der Waals surface area contributed by atoms with Gasteiger partial charge in [0.05, 0.1) is 19.8 Å². The molecule has 0 saturated heterocycles. The van der Waals surface area contributed by atoms with Crippen LogP contribution < -0.4 is 4.74 Å². The molecule has 1 atom stereocenters. The summed E-state index contributed by atoms with van der Waals surface area (Å²) < 4.78 is 5.02. The number of ether oxygens (including phenoxy) is 1. The summed E-state index contributed by atoms with van der Waals surface area (Å²) in [6.45, 7) is 1.77. The predicted octanol–water partition coefficient (Wildman–Crippen LogP) is 1.21. The summed E-state index contributed by atoms with van der Waals surface area (Å²) >= 11 is 0. The quantitative estimate of drug-likeness (QED) is 0.834. The zero-order valence-corrected chi connectivity index (χ0v) is 9.80. The van der Waals surface area contributed by atoms with Crippen molar-refractivity contribution in [2.75, 3.05) is 20.7 Å². The molecule has 0 fully saturated rings. The van der Waals surface area contributed by atoms with Gasteiger partial charge in [-0.15, -0.1) is 0 Å². The molecule has 0 bridgehead atoms. The number of methoxy groups -OCH3 is 1. The van der Waals surface area contributed by atoms with Crippen LogP contribution in [0.25, 0.3) is 0 Å². The Balaban J connectivity index is 2.65. The molecule has 0 aliphatic rings. The third kappa shape index (κ3) is 3.24. The molecule has 1 N–H and O–H groups in total. The molecule has 0 aliphatic carbocycles. The number of rotatable bonds is 4. The fourth-order valence-corrected chi connectivity index (χ4v) is 1.32. The topological polar surface area (TPSA) is 49.8 Å². The lowest BCUT2D eigenvalue weighted by Gasteiger charge is -2.19. The van der Waals surface area contributed by atoms with Gasteiger partial charge in [0, 0.05) is 14.0 Å². The molecule has 0 radical (unpaired) electrons. The molecule has 0 aromatic heterocycles. The highest BCUT2D eigenvalue weighted by molar-refractivity contribution is 5.72. The molecule has 1 amide bonds. The standard InChI is InChI=1S/C12H17NO3/c1-9(14)13(2)8-12(15)10-4-6-11(16-3)7-5-10/h4-7,12,15H,8H2,1-3H3/t12-/m1/s1. The molecule has 0 aliphatic heterocycles. The largest absolute Gasteiger partial charge is 0.497 e. The van der Waals surface area contributed by atoms with Gasteiger partial charge in [-0.05, 0) is 17.7 Å². The Morgan fingerprint density at radius 2 is 2.00 bits per heavy atom. The predicted molar refractivity (Wildman–Crippen MR) is 61.3 cm³/mol. The van der Waals surface area contributed by atoms with Crippen LogP contribution in [0.1, 0.15) is 18.6 Å². The van der Waals surface area contributed by atoms with Gasteiger partial charge >= 0.3 is 0 Å². The first kappa shape index (κ1) is 12.5. The zero-order valence-electron chi connectivity index (χ0n) is 9.80. The number of aliphatic hydroxyl groups excluding tert-OH is 1. The Bertz CT molecular complexity index is 348. The van der Waals surface area contributed by atoms with Crippen molar-refractivity contribution in [2.45, 2.75) is 13.0 Å². The molecule has 0 heterocycles. The Kier molecular flexibility index (Phi) is 4.31. The molecule has 0 spiro atoms. The third-order valence-electron chi connectivity index (χ3n) is 2.48. The van der Waals surface area contributed by atoms with E-state index in [9.17, 15) is 9.90 Å². The first-order chi connectivity index (χ1) is 7.54. The minimum absolute atomic E-state index is 0.0624. The summed E-state index contributed by atoms with van der Waals surface area (Å²) in [6.07, 6.45) is -0.667. The minimum Gasteiger partial charge on any atom is -0.497 e. The second-order valence-electron chi connectivity index (χ2n) is 3.69. The third-order valence-corrected chi connectivity index (χ3v) is 2.48. The van der Waals surface area contributed by atoms with Gasteiger partial charge in [0.2, 0.25) is 5.91 Å². The fraction of sp³-hybridized carbons (Fsp3) is 0.417. The van der Waals surface area contributed by atoms with Crippen LogP contribution >= 0.6 is 0 Å². The highest BCUT2D eigenvalue weighted by Crippen LogP contribution is 2.18. The molecule has 4 heteroatoms. The van der Waals surface area contributed by atoms with Crippen LogP contribution in [0.5, 0.6) is 5.75 Å². The van der Waals surface area contributed by atoms with Crippen molar-refractivity contribution in [1.82, 2.24) is 4.90 Å². The lowest BCUT2D eigenvalue weighted by molar-refractivity contribution is -0.128. The molecule has 0 unspecified atom stereocenters. The maximum absolute atomic E-state index is 11.0. The number of benzene rings is 1. The second-order valence-corrected chi connectivity index (χ2v) is 3.69. The summed E-state index contributed by atoms with van der Waals surface area (Å²) in [5, 5.41) is 9.87. The number of likely N-dealkylation sites (N-methyl/N-ethyl adjacent to an activating group) is 1. The number of carbonyl (C=O) groups is 1. The van der Waals surface area contributed by atoms with E-state index in [1.165, 1.54) is 11.8 Å². The van der Waals surface area contributed by atoms with Crippen molar-refractivity contribution in [3.05, 3.63) is 29.8 Å². The molecule has 4 nitrogen and oxygen atoms in total. The van der Waals surface area contributed by atoms with Crippen molar-refractivity contribution in [1.29, 1.82) is 0 Å². The van der Waals surface area contributed by atoms with Gasteiger partial charge in [-0.1, -0.05) is 12.1 Å². The van der Waals surface area contributed by atoms with Gasteiger partial charge in [0.25, 0.3) is 0 Å². The van der Waals surface area contributed by atoms with E-state index in [4.69, 9.17) is 4.74 Å². The molecule has 16 heavy (non-hydrogen) atoms. The van der Waals surface area contributed by atoms with Crippen LogP contribution in [-0.2, 0) is 4.79 Å². The molecule has 1 aromatic rings. The van der Waals surface area contributed by atoms with Crippen molar-refractivity contribution in [3.63, 3.8) is 0 Å². The van der Waals surface area contributed by atoms with E-state index in [1.54, 1.807) is 38.4 Å². The smallest absolute Gasteiger partial charge is 0.219 e.